The molecule has 4 atom stereocenters. The maximum atomic E-state index is 12.3. The van der Waals surface area contributed by atoms with Crippen LogP contribution in [0.15, 0.2) is 54.6 Å². The third-order valence-electron chi connectivity index (χ3n) is 5.98. The zero-order valence-corrected chi connectivity index (χ0v) is 18.3. The van der Waals surface area contributed by atoms with Crippen molar-refractivity contribution in [2.24, 2.45) is 0 Å². The lowest BCUT2D eigenvalue weighted by molar-refractivity contribution is 0.00857. The van der Waals surface area contributed by atoms with Gasteiger partial charge in [0.1, 0.15) is 12.2 Å². The quantitative estimate of drug-likeness (QED) is 0.624. The molecule has 2 aromatic carbocycles. The highest BCUT2D eigenvalue weighted by atomic mass is 16.6. The van der Waals surface area contributed by atoms with E-state index in [0.717, 1.165) is 25.1 Å². The van der Waals surface area contributed by atoms with Crippen LogP contribution in [0.1, 0.15) is 37.3 Å². The molecule has 31 heavy (non-hydrogen) atoms. The molecule has 2 fully saturated rings. The van der Waals surface area contributed by atoms with E-state index in [0.29, 0.717) is 19.1 Å². The Bertz CT molecular complexity index is 840. The summed E-state index contributed by atoms with van der Waals surface area (Å²) in [6.07, 6.45) is 0.919. The van der Waals surface area contributed by atoms with Crippen LogP contribution in [0.2, 0.25) is 0 Å². The van der Waals surface area contributed by atoms with E-state index in [-0.39, 0.29) is 18.2 Å². The largest absolute Gasteiger partial charge is 0.441 e. The minimum absolute atomic E-state index is 0.0835. The first-order valence-corrected chi connectivity index (χ1v) is 11.2. The van der Waals surface area contributed by atoms with Gasteiger partial charge in [-0.1, -0.05) is 56.3 Å². The van der Waals surface area contributed by atoms with Gasteiger partial charge in [-0.05, 0) is 48.6 Å². The average molecular weight is 425 g/mol. The molecular formula is C25H32N2O4. The molecule has 0 saturated carbocycles. The van der Waals surface area contributed by atoms with E-state index in [4.69, 9.17) is 14.2 Å². The summed E-state index contributed by atoms with van der Waals surface area (Å²) in [5, 5.41) is 6.34. The highest BCUT2D eigenvalue weighted by molar-refractivity contribution is 5.84. The van der Waals surface area contributed by atoms with Crippen LogP contribution in [-0.2, 0) is 20.6 Å². The first kappa shape index (κ1) is 21.8. The molecule has 4 rings (SSSR count). The number of hydrogen-bond donors (Lipinski definition) is 2. The van der Waals surface area contributed by atoms with Crippen molar-refractivity contribution in [3.8, 4) is 0 Å². The number of aryl methyl sites for hydroxylation is 1. The van der Waals surface area contributed by atoms with Crippen LogP contribution in [0.4, 0.5) is 10.5 Å². The number of carbonyl (C=O) groups excluding carboxylic acids is 1. The molecule has 0 aliphatic carbocycles. The van der Waals surface area contributed by atoms with E-state index >= 15 is 0 Å². The first-order chi connectivity index (χ1) is 15.1. The number of ether oxygens (including phenoxy) is 3. The fourth-order valence-corrected chi connectivity index (χ4v) is 4.20. The Morgan fingerprint density at radius 2 is 1.77 bits per heavy atom. The molecule has 2 aliphatic heterocycles. The summed E-state index contributed by atoms with van der Waals surface area (Å²) in [7, 11) is 0. The zero-order chi connectivity index (χ0) is 21.6. The molecule has 2 aromatic rings. The lowest BCUT2D eigenvalue weighted by Crippen LogP contribution is -2.42. The topological polar surface area (TPSA) is 68.8 Å². The summed E-state index contributed by atoms with van der Waals surface area (Å²) in [5.74, 6) is 0.452. The highest BCUT2D eigenvalue weighted by Gasteiger charge is 2.49. The molecule has 2 saturated heterocycles. The molecule has 0 aromatic heterocycles. The second kappa shape index (κ2) is 10.3. The predicted octanol–water partition coefficient (Wildman–Crippen LogP) is 4.12. The Morgan fingerprint density at radius 1 is 1.03 bits per heavy atom. The van der Waals surface area contributed by atoms with Gasteiger partial charge in [0, 0.05) is 5.69 Å². The molecule has 0 bridgehead atoms. The van der Waals surface area contributed by atoms with E-state index in [1.54, 1.807) is 0 Å². The van der Waals surface area contributed by atoms with Crippen LogP contribution < -0.4 is 10.6 Å². The third kappa shape index (κ3) is 5.64. The smallest absolute Gasteiger partial charge is 0.412 e. The summed E-state index contributed by atoms with van der Waals surface area (Å²) < 4.78 is 17.4. The van der Waals surface area contributed by atoms with Crippen molar-refractivity contribution in [2.75, 3.05) is 25.1 Å². The van der Waals surface area contributed by atoms with E-state index in [9.17, 15) is 4.79 Å². The number of benzene rings is 2. The molecule has 2 N–H and O–H groups in total. The molecule has 6 heteroatoms. The lowest BCUT2D eigenvalue weighted by Gasteiger charge is -2.18. The van der Waals surface area contributed by atoms with Gasteiger partial charge in [0.05, 0.1) is 19.3 Å². The van der Waals surface area contributed by atoms with Gasteiger partial charge < -0.3 is 19.5 Å². The second-order valence-electron chi connectivity index (χ2n) is 8.59. The number of rotatable bonds is 8. The van der Waals surface area contributed by atoms with Gasteiger partial charge in [0.25, 0.3) is 0 Å². The lowest BCUT2D eigenvalue weighted by atomic mass is 10.0. The maximum absolute atomic E-state index is 12.3. The van der Waals surface area contributed by atoms with Crippen molar-refractivity contribution in [1.82, 2.24) is 5.32 Å². The Balaban J connectivity index is 1.20. The third-order valence-corrected chi connectivity index (χ3v) is 5.98. The number of nitrogens with one attached hydrogen (secondary N) is 2. The number of amides is 1. The molecule has 166 valence electrons. The van der Waals surface area contributed by atoms with E-state index in [2.05, 4.69) is 48.7 Å². The van der Waals surface area contributed by atoms with Crippen molar-refractivity contribution >= 4 is 11.8 Å². The van der Waals surface area contributed by atoms with Crippen molar-refractivity contribution in [3.63, 3.8) is 0 Å². The molecule has 0 spiro atoms. The summed E-state index contributed by atoms with van der Waals surface area (Å²) in [6.45, 7) is 6.10. The highest BCUT2D eigenvalue weighted by Crippen LogP contribution is 2.29. The minimum Gasteiger partial charge on any atom is -0.441 e. The van der Waals surface area contributed by atoms with Gasteiger partial charge in [-0.25, -0.2) is 4.79 Å². The SMILES string of the molecule is CC(C)c1ccc(NC(=O)O[C@@H]2CO[C@H]3[C@@H]2OC[C@@H]3NCCCc2ccccc2)cc1. The van der Waals surface area contributed by atoms with Crippen LogP contribution in [0.3, 0.4) is 0 Å². The van der Waals surface area contributed by atoms with E-state index in [1.165, 1.54) is 11.1 Å². The summed E-state index contributed by atoms with van der Waals surface area (Å²) in [5.41, 5.74) is 3.29. The minimum atomic E-state index is -0.477. The number of anilines is 1. The van der Waals surface area contributed by atoms with Crippen LogP contribution >= 0.6 is 0 Å². The van der Waals surface area contributed by atoms with Crippen molar-refractivity contribution in [2.45, 2.75) is 57.0 Å². The van der Waals surface area contributed by atoms with Crippen LogP contribution in [-0.4, -0.2) is 50.2 Å². The molecule has 0 unspecified atom stereocenters. The second-order valence-corrected chi connectivity index (χ2v) is 8.59. The maximum Gasteiger partial charge on any atom is 0.412 e. The zero-order valence-electron chi connectivity index (χ0n) is 18.3. The Labute approximate surface area is 184 Å². The molecule has 6 nitrogen and oxygen atoms in total. The summed E-state index contributed by atoms with van der Waals surface area (Å²) in [6, 6.07) is 18.4. The van der Waals surface area contributed by atoms with Gasteiger partial charge in [0.15, 0.2) is 6.10 Å². The number of hydrogen-bond acceptors (Lipinski definition) is 5. The molecule has 1 amide bonds. The summed E-state index contributed by atoms with van der Waals surface area (Å²) >= 11 is 0. The number of carbonyl (C=O) groups is 1. The van der Waals surface area contributed by atoms with Gasteiger partial charge in [-0.3, -0.25) is 5.32 Å². The van der Waals surface area contributed by atoms with Crippen molar-refractivity contribution < 1.29 is 19.0 Å². The van der Waals surface area contributed by atoms with Crippen LogP contribution in [0.5, 0.6) is 0 Å². The Hall–Kier alpha value is -2.41. The standard InChI is InChI=1S/C25H32N2O4/c1-17(2)19-10-12-20(13-11-19)27-25(28)31-22-16-30-23-21(15-29-24(22)23)26-14-6-9-18-7-4-3-5-8-18/h3-5,7-8,10-13,17,21-24,26H,6,9,14-16H2,1-2H3,(H,27,28)/t21-,22+,23+,24+/m0/s1. The summed E-state index contributed by atoms with van der Waals surface area (Å²) in [4.78, 5) is 12.3. The van der Waals surface area contributed by atoms with Crippen LogP contribution in [0.25, 0.3) is 0 Å². The molecule has 0 radical (unpaired) electrons. The van der Waals surface area contributed by atoms with E-state index < -0.39 is 12.2 Å². The van der Waals surface area contributed by atoms with Crippen LogP contribution in [0, 0.1) is 0 Å². The number of fused-ring (bicyclic) bond motifs is 1. The van der Waals surface area contributed by atoms with Gasteiger partial charge in [-0.2, -0.15) is 0 Å². The molecular weight excluding hydrogens is 392 g/mol. The van der Waals surface area contributed by atoms with E-state index in [1.807, 2.05) is 30.3 Å². The van der Waals surface area contributed by atoms with Gasteiger partial charge in [-0.15, -0.1) is 0 Å². The van der Waals surface area contributed by atoms with Gasteiger partial charge >= 0.3 is 6.09 Å². The molecule has 2 heterocycles. The van der Waals surface area contributed by atoms with Crippen molar-refractivity contribution in [3.05, 3.63) is 65.7 Å². The molecule has 2 aliphatic rings. The first-order valence-electron chi connectivity index (χ1n) is 11.2. The van der Waals surface area contributed by atoms with Crippen molar-refractivity contribution in [1.29, 1.82) is 0 Å². The Morgan fingerprint density at radius 3 is 2.52 bits per heavy atom. The Kier molecular flexibility index (Phi) is 7.22. The fourth-order valence-electron chi connectivity index (χ4n) is 4.20. The normalized spacial score (nSPS) is 24.9. The monoisotopic (exact) mass is 424 g/mol. The fraction of sp³-hybridized carbons (Fsp3) is 0.480. The van der Waals surface area contributed by atoms with Gasteiger partial charge in [0.2, 0.25) is 0 Å². The average Bonchev–Trinajstić information content (AvgIpc) is 3.35. The predicted molar refractivity (Wildman–Crippen MR) is 120 cm³/mol.